The van der Waals surface area contributed by atoms with Crippen molar-refractivity contribution in [1.82, 2.24) is 15.0 Å². The third kappa shape index (κ3) is 1.81. The molecular formula is C9H8ClN3S. The van der Waals surface area contributed by atoms with E-state index in [1.807, 2.05) is 12.1 Å². The van der Waals surface area contributed by atoms with Gasteiger partial charge in [0.25, 0.3) is 0 Å². The lowest BCUT2D eigenvalue weighted by Gasteiger charge is -2.02. The van der Waals surface area contributed by atoms with Crippen molar-refractivity contribution in [3.63, 3.8) is 0 Å². The summed E-state index contributed by atoms with van der Waals surface area (Å²) in [5.74, 6) is 0.956. The molecule has 0 N–H and O–H groups in total. The molecule has 0 aromatic carbocycles. The van der Waals surface area contributed by atoms with E-state index in [4.69, 9.17) is 11.6 Å². The molecular weight excluding hydrogens is 218 g/mol. The predicted molar refractivity (Wildman–Crippen MR) is 58.7 cm³/mol. The highest BCUT2D eigenvalue weighted by atomic mass is 35.5. The van der Waals surface area contributed by atoms with Gasteiger partial charge in [0.2, 0.25) is 5.28 Å². The third-order valence-corrected chi connectivity index (χ3v) is 2.73. The largest absolute Gasteiger partial charge is 0.236 e. The molecule has 0 aliphatic carbocycles. The summed E-state index contributed by atoms with van der Waals surface area (Å²) in [6.07, 6.45) is 1.70. The molecule has 0 fully saturated rings. The summed E-state index contributed by atoms with van der Waals surface area (Å²) in [5, 5.41) is 2.12. The van der Waals surface area contributed by atoms with E-state index in [0.717, 1.165) is 16.2 Å². The lowest BCUT2D eigenvalue weighted by Crippen LogP contribution is -1.91. The van der Waals surface area contributed by atoms with Crippen molar-refractivity contribution in [2.45, 2.75) is 11.9 Å². The van der Waals surface area contributed by atoms with E-state index in [9.17, 15) is 0 Å². The summed E-state index contributed by atoms with van der Waals surface area (Å²) in [6, 6.07) is 3.83. The second-order valence-electron chi connectivity index (χ2n) is 2.61. The Morgan fingerprint density at radius 3 is 3.07 bits per heavy atom. The van der Waals surface area contributed by atoms with Crippen LogP contribution >= 0.6 is 23.4 Å². The summed E-state index contributed by atoms with van der Waals surface area (Å²) in [6.45, 7) is 2.07. The number of hydrogen-bond donors (Lipinski definition) is 0. The van der Waals surface area contributed by atoms with Gasteiger partial charge in [-0.15, -0.1) is 11.8 Å². The highest BCUT2D eigenvalue weighted by Crippen LogP contribution is 2.24. The van der Waals surface area contributed by atoms with Crippen molar-refractivity contribution in [3.05, 3.63) is 23.6 Å². The zero-order valence-electron chi connectivity index (χ0n) is 7.57. The van der Waals surface area contributed by atoms with Gasteiger partial charge >= 0.3 is 0 Å². The van der Waals surface area contributed by atoms with Gasteiger partial charge in [0.15, 0.2) is 5.65 Å². The Bertz CT molecular complexity index is 461. The van der Waals surface area contributed by atoms with Crippen LogP contribution in [0.4, 0.5) is 0 Å². The Morgan fingerprint density at radius 2 is 2.29 bits per heavy atom. The molecule has 0 aliphatic rings. The molecule has 2 rings (SSSR count). The lowest BCUT2D eigenvalue weighted by molar-refractivity contribution is 1.08. The summed E-state index contributed by atoms with van der Waals surface area (Å²) < 4.78 is 0. The first-order valence-electron chi connectivity index (χ1n) is 4.22. The van der Waals surface area contributed by atoms with E-state index >= 15 is 0 Å². The van der Waals surface area contributed by atoms with E-state index in [-0.39, 0.29) is 5.28 Å². The fourth-order valence-corrected chi connectivity index (χ4v) is 2.11. The van der Waals surface area contributed by atoms with Crippen molar-refractivity contribution < 1.29 is 0 Å². The van der Waals surface area contributed by atoms with Gasteiger partial charge in [0.1, 0.15) is 5.03 Å². The number of nitrogens with zero attached hydrogens (tertiary/aromatic N) is 3. The maximum atomic E-state index is 5.78. The van der Waals surface area contributed by atoms with Crippen molar-refractivity contribution >= 4 is 34.4 Å². The van der Waals surface area contributed by atoms with E-state index in [2.05, 4.69) is 21.9 Å². The minimum atomic E-state index is 0.257. The summed E-state index contributed by atoms with van der Waals surface area (Å²) in [7, 11) is 0. The van der Waals surface area contributed by atoms with Crippen LogP contribution in [0.25, 0.3) is 11.0 Å². The molecule has 0 radical (unpaired) electrons. The zero-order chi connectivity index (χ0) is 9.97. The molecule has 72 valence electrons. The van der Waals surface area contributed by atoms with Gasteiger partial charge in [-0.05, 0) is 29.5 Å². The van der Waals surface area contributed by atoms with Gasteiger partial charge in [0.05, 0.1) is 5.39 Å². The van der Waals surface area contributed by atoms with Gasteiger partial charge in [0, 0.05) is 6.20 Å². The Kier molecular flexibility index (Phi) is 2.84. The number of hydrogen-bond acceptors (Lipinski definition) is 4. The smallest absolute Gasteiger partial charge is 0.225 e. The molecule has 2 heterocycles. The van der Waals surface area contributed by atoms with Gasteiger partial charge < -0.3 is 0 Å². The van der Waals surface area contributed by atoms with Gasteiger partial charge in [-0.2, -0.15) is 4.98 Å². The molecule has 0 aliphatic heterocycles. The van der Waals surface area contributed by atoms with Gasteiger partial charge in [-0.25, -0.2) is 9.97 Å². The fraction of sp³-hybridized carbons (Fsp3) is 0.222. The van der Waals surface area contributed by atoms with Crippen LogP contribution in [0.2, 0.25) is 5.28 Å². The molecule has 0 atom stereocenters. The van der Waals surface area contributed by atoms with Crippen LogP contribution in [0.3, 0.4) is 0 Å². The predicted octanol–water partition coefficient (Wildman–Crippen LogP) is 2.79. The zero-order valence-corrected chi connectivity index (χ0v) is 9.14. The van der Waals surface area contributed by atoms with E-state index < -0.39 is 0 Å². The average molecular weight is 226 g/mol. The standard InChI is InChI=1S/C9H8ClN3S/c1-2-14-8-6-4-3-5-11-7(6)12-9(10)13-8/h3-5H,2H2,1H3. The molecule has 0 bridgehead atoms. The van der Waals surface area contributed by atoms with Crippen LogP contribution in [-0.4, -0.2) is 20.7 Å². The topological polar surface area (TPSA) is 38.7 Å². The van der Waals surface area contributed by atoms with Gasteiger partial charge in [-0.3, -0.25) is 0 Å². The molecule has 2 aromatic rings. The van der Waals surface area contributed by atoms with Crippen LogP contribution in [0.15, 0.2) is 23.4 Å². The number of pyridine rings is 1. The minimum absolute atomic E-state index is 0.257. The van der Waals surface area contributed by atoms with E-state index in [1.54, 1.807) is 18.0 Å². The Morgan fingerprint density at radius 1 is 1.43 bits per heavy atom. The third-order valence-electron chi connectivity index (χ3n) is 1.69. The number of aromatic nitrogens is 3. The second kappa shape index (κ2) is 4.11. The van der Waals surface area contributed by atoms with Crippen molar-refractivity contribution in [3.8, 4) is 0 Å². The summed E-state index contributed by atoms with van der Waals surface area (Å²) in [4.78, 5) is 12.4. The minimum Gasteiger partial charge on any atom is -0.236 e. The Hall–Kier alpha value is -0.870. The van der Waals surface area contributed by atoms with Crippen LogP contribution in [0, 0.1) is 0 Å². The highest BCUT2D eigenvalue weighted by molar-refractivity contribution is 7.99. The molecule has 0 amide bonds. The molecule has 14 heavy (non-hydrogen) atoms. The molecule has 0 saturated heterocycles. The molecule has 0 unspecified atom stereocenters. The van der Waals surface area contributed by atoms with E-state index in [0.29, 0.717) is 5.65 Å². The lowest BCUT2D eigenvalue weighted by atomic mass is 10.3. The molecule has 0 saturated carbocycles. The average Bonchev–Trinajstić information content (AvgIpc) is 2.18. The highest BCUT2D eigenvalue weighted by Gasteiger charge is 2.06. The monoisotopic (exact) mass is 225 g/mol. The molecule has 5 heteroatoms. The fourth-order valence-electron chi connectivity index (χ4n) is 1.16. The summed E-state index contributed by atoms with van der Waals surface area (Å²) in [5.41, 5.74) is 0.656. The van der Waals surface area contributed by atoms with Crippen molar-refractivity contribution in [2.75, 3.05) is 5.75 Å². The van der Waals surface area contributed by atoms with Crippen LogP contribution < -0.4 is 0 Å². The number of fused-ring (bicyclic) bond motifs is 1. The molecule has 3 nitrogen and oxygen atoms in total. The number of rotatable bonds is 2. The Labute approximate surface area is 90.9 Å². The van der Waals surface area contributed by atoms with Crippen LogP contribution in [0.1, 0.15) is 6.92 Å². The molecule has 0 spiro atoms. The first kappa shape index (κ1) is 9.68. The maximum absolute atomic E-state index is 5.78. The van der Waals surface area contributed by atoms with Crippen molar-refractivity contribution in [2.24, 2.45) is 0 Å². The van der Waals surface area contributed by atoms with E-state index in [1.165, 1.54) is 0 Å². The number of thioether (sulfide) groups is 1. The first-order chi connectivity index (χ1) is 6.81. The first-order valence-corrected chi connectivity index (χ1v) is 5.58. The molecule has 2 aromatic heterocycles. The van der Waals surface area contributed by atoms with Gasteiger partial charge in [-0.1, -0.05) is 6.92 Å². The SMILES string of the molecule is CCSc1nc(Cl)nc2ncccc12. The van der Waals surface area contributed by atoms with Crippen molar-refractivity contribution in [1.29, 1.82) is 0 Å². The van der Waals surface area contributed by atoms with Crippen LogP contribution in [0.5, 0.6) is 0 Å². The van der Waals surface area contributed by atoms with Crippen LogP contribution in [-0.2, 0) is 0 Å². The number of halogens is 1. The Balaban J connectivity index is 2.67. The maximum Gasteiger partial charge on any atom is 0.225 e. The second-order valence-corrected chi connectivity index (χ2v) is 4.20. The quantitative estimate of drug-likeness (QED) is 0.448. The summed E-state index contributed by atoms with van der Waals surface area (Å²) >= 11 is 7.43. The normalized spacial score (nSPS) is 10.7.